The number of hydrogen-bond acceptors (Lipinski definition) is 0. The molecule has 2 aliphatic rings. The van der Waals surface area contributed by atoms with Gasteiger partial charge in [0, 0.05) is 0 Å². The molecular formula is C16H32P2. The smallest absolute Gasteiger partial charge is 0.0137 e. The maximum absolute atomic E-state index is 2.51. The van der Waals surface area contributed by atoms with Gasteiger partial charge in [0.05, 0.1) is 0 Å². The minimum absolute atomic E-state index is 0.314. The molecule has 0 aromatic carbocycles. The minimum Gasteiger partial charge on any atom is -0.103 e. The first-order valence-electron chi connectivity index (χ1n) is 8.05. The van der Waals surface area contributed by atoms with Crippen LogP contribution in [0.3, 0.4) is 0 Å². The lowest BCUT2D eigenvalue weighted by molar-refractivity contribution is 0.681. The Morgan fingerprint density at radius 1 is 1.00 bits per heavy atom. The summed E-state index contributed by atoms with van der Waals surface area (Å²) in [5.41, 5.74) is 2.34. The first kappa shape index (κ1) is 15.3. The van der Waals surface area contributed by atoms with Gasteiger partial charge in [-0.25, -0.2) is 0 Å². The summed E-state index contributed by atoms with van der Waals surface area (Å²) in [6.07, 6.45) is 14.0. The summed E-state index contributed by atoms with van der Waals surface area (Å²) in [6.45, 7) is 9.90. The molecule has 0 N–H and O–H groups in total. The molecule has 2 saturated heterocycles. The maximum atomic E-state index is 2.51. The maximum Gasteiger partial charge on any atom is -0.0137 e. The van der Waals surface area contributed by atoms with E-state index in [1.165, 1.54) is 18.5 Å². The van der Waals surface area contributed by atoms with E-state index in [4.69, 9.17) is 0 Å². The molecule has 0 unspecified atom stereocenters. The number of rotatable bonds is 4. The highest BCUT2D eigenvalue weighted by Crippen LogP contribution is 2.67. The van der Waals surface area contributed by atoms with E-state index < -0.39 is 0 Å². The highest BCUT2D eigenvalue weighted by atomic mass is 31.1. The summed E-state index contributed by atoms with van der Waals surface area (Å²) < 4.78 is 0. The summed E-state index contributed by atoms with van der Waals surface area (Å²) in [5, 5.41) is 0.616. The van der Waals surface area contributed by atoms with E-state index >= 15 is 0 Å². The van der Waals surface area contributed by atoms with E-state index in [1.54, 1.807) is 44.2 Å². The third-order valence-corrected chi connectivity index (χ3v) is 12.3. The lowest BCUT2D eigenvalue weighted by atomic mass is 10.1. The Kier molecular flexibility index (Phi) is 5.54. The topological polar surface area (TPSA) is 0 Å². The van der Waals surface area contributed by atoms with Crippen LogP contribution in [-0.4, -0.2) is 35.0 Å². The lowest BCUT2D eigenvalue weighted by Gasteiger charge is -2.38. The average Bonchev–Trinajstić information content (AvgIpc) is 2.93. The Balaban J connectivity index is 2.00. The van der Waals surface area contributed by atoms with Gasteiger partial charge in [0.15, 0.2) is 0 Å². The normalized spacial score (nSPS) is 37.3. The Hall–Kier alpha value is 0.860. The second-order valence-electron chi connectivity index (χ2n) is 7.17. The van der Waals surface area contributed by atoms with E-state index in [-0.39, 0.29) is 0 Å². The van der Waals surface area contributed by atoms with Crippen molar-refractivity contribution in [2.75, 3.05) is 18.5 Å². The molecule has 2 aliphatic heterocycles. The van der Waals surface area contributed by atoms with Gasteiger partial charge in [0.25, 0.3) is 0 Å². The van der Waals surface area contributed by atoms with Gasteiger partial charge in [-0.05, 0) is 67.1 Å². The van der Waals surface area contributed by atoms with E-state index in [0.29, 0.717) is 21.0 Å². The largest absolute Gasteiger partial charge is 0.103 e. The molecule has 0 amide bonds. The Morgan fingerprint density at radius 2 is 1.67 bits per heavy atom. The van der Waals surface area contributed by atoms with Crippen LogP contribution in [0.25, 0.3) is 0 Å². The van der Waals surface area contributed by atoms with Gasteiger partial charge in [-0.1, -0.05) is 42.0 Å². The van der Waals surface area contributed by atoms with Crippen molar-refractivity contribution in [3.8, 4) is 0 Å². The van der Waals surface area contributed by atoms with Crippen molar-refractivity contribution in [2.45, 2.75) is 82.7 Å². The molecule has 18 heavy (non-hydrogen) atoms. The Bertz CT molecular complexity index is 256. The van der Waals surface area contributed by atoms with Crippen molar-refractivity contribution < 1.29 is 0 Å². The predicted molar refractivity (Wildman–Crippen MR) is 89.1 cm³/mol. The zero-order valence-electron chi connectivity index (χ0n) is 12.9. The summed E-state index contributed by atoms with van der Waals surface area (Å²) in [7, 11) is 0.731. The molecule has 2 heterocycles. The van der Waals surface area contributed by atoms with Crippen LogP contribution in [0.5, 0.6) is 0 Å². The number of hydrogen-bond donors (Lipinski definition) is 0. The molecule has 0 spiro atoms. The summed E-state index contributed by atoms with van der Waals surface area (Å²) in [4.78, 5) is 0. The molecule has 4 atom stereocenters. The second kappa shape index (κ2) is 6.54. The van der Waals surface area contributed by atoms with Crippen molar-refractivity contribution in [2.24, 2.45) is 0 Å². The predicted octanol–water partition coefficient (Wildman–Crippen LogP) is 5.87. The first-order chi connectivity index (χ1) is 8.54. The van der Waals surface area contributed by atoms with Gasteiger partial charge in [-0.2, -0.15) is 0 Å². The van der Waals surface area contributed by atoms with Crippen LogP contribution in [0.15, 0.2) is 0 Å². The van der Waals surface area contributed by atoms with Gasteiger partial charge in [-0.15, -0.1) is 7.92 Å². The van der Waals surface area contributed by atoms with Gasteiger partial charge in [-0.3, -0.25) is 0 Å². The molecule has 0 aromatic rings. The van der Waals surface area contributed by atoms with Crippen LogP contribution in [0.4, 0.5) is 0 Å². The van der Waals surface area contributed by atoms with E-state index in [0.717, 1.165) is 5.66 Å². The second-order valence-corrected chi connectivity index (χ2v) is 13.3. The fraction of sp³-hybridized carbons (Fsp3) is 1.00. The Morgan fingerprint density at radius 3 is 2.33 bits per heavy atom. The van der Waals surface area contributed by atoms with Crippen LogP contribution < -0.4 is 0 Å². The van der Waals surface area contributed by atoms with Crippen LogP contribution in [0.2, 0.25) is 0 Å². The molecule has 0 radical (unpaired) electrons. The average molecular weight is 286 g/mol. The molecule has 0 aromatic heterocycles. The molecule has 106 valence electrons. The van der Waals surface area contributed by atoms with Gasteiger partial charge in [0.2, 0.25) is 0 Å². The van der Waals surface area contributed by atoms with E-state index in [9.17, 15) is 0 Å². The highest BCUT2D eigenvalue weighted by molar-refractivity contribution is 7.64. The van der Waals surface area contributed by atoms with Crippen molar-refractivity contribution >= 4 is 15.8 Å². The SMILES string of the molecule is CCCC[P@@]1CCC[C@@H]1[C@H]1CCC[P@]1C(C)(C)C. The lowest BCUT2D eigenvalue weighted by Crippen LogP contribution is -2.25. The van der Waals surface area contributed by atoms with Crippen molar-refractivity contribution in [3.05, 3.63) is 0 Å². The quantitative estimate of drug-likeness (QED) is 0.567. The summed E-state index contributed by atoms with van der Waals surface area (Å²) >= 11 is 0. The summed E-state index contributed by atoms with van der Waals surface area (Å²) in [6, 6.07) is 0. The fourth-order valence-electron chi connectivity index (χ4n) is 3.95. The van der Waals surface area contributed by atoms with E-state index in [2.05, 4.69) is 27.7 Å². The molecule has 2 heteroatoms. The molecule has 0 saturated carbocycles. The van der Waals surface area contributed by atoms with Crippen LogP contribution >= 0.6 is 15.8 Å². The van der Waals surface area contributed by atoms with Crippen molar-refractivity contribution in [1.82, 2.24) is 0 Å². The summed E-state index contributed by atoms with van der Waals surface area (Å²) in [5.74, 6) is 0. The van der Waals surface area contributed by atoms with Crippen LogP contribution in [0.1, 0.15) is 66.2 Å². The molecular weight excluding hydrogens is 254 g/mol. The van der Waals surface area contributed by atoms with Gasteiger partial charge >= 0.3 is 0 Å². The molecule has 0 nitrogen and oxygen atoms in total. The van der Waals surface area contributed by atoms with Crippen molar-refractivity contribution in [1.29, 1.82) is 0 Å². The van der Waals surface area contributed by atoms with Crippen molar-refractivity contribution in [3.63, 3.8) is 0 Å². The molecule has 0 bridgehead atoms. The molecule has 2 rings (SSSR count). The number of unbranched alkanes of at least 4 members (excludes halogenated alkanes) is 1. The van der Waals surface area contributed by atoms with Crippen LogP contribution in [0, 0.1) is 0 Å². The third kappa shape index (κ3) is 3.49. The minimum atomic E-state index is 0.314. The monoisotopic (exact) mass is 286 g/mol. The first-order valence-corrected chi connectivity index (χ1v) is 11.4. The van der Waals surface area contributed by atoms with Gasteiger partial charge in [0.1, 0.15) is 0 Å². The fourth-order valence-corrected chi connectivity index (χ4v) is 12.0. The Labute approximate surface area is 117 Å². The highest BCUT2D eigenvalue weighted by Gasteiger charge is 2.43. The third-order valence-electron chi connectivity index (χ3n) is 4.82. The zero-order chi connectivity index (χ0) is 13.2. The van der Waals surface area contributed by atoms with Crippen LogP contribution in [-0.2, 0) is 0 Å². The standard InChI is InChI=1S/C16H32P2/c1-5-6-11-17-12-7-9-14(17)15-10-8-13-18(15)16(2,3)4/h14-15H,5-13H2,1-4H3/t14-,15-,17+,18+/m1/s1. The molecule has 2 fully saturated rings. The molecule has 0 aliphatic carbocycles. The van der Waals surface area contributed by atoms with Gasteiger partial charge < -0.3 is 0 Å². The van der Waals surface area contributed by atoms with E-state index in [1.807, 2.05) is 0 Å². The zero-order valence-corrected chi connectivity index (χ0v) is 14.7.